The van der Waals surface area contributed by atoms with Crippen LogP contribution in [0, 0.1) is 0 Å². The van der Waals surface area contributed by atoms with Gasteiger partial charge in [0.25, 0.3) is 5.91 Å². The zero-order chi connectivity index (χ0) is 10.8. The van der Waals surface area contributed by atoms with Crippen LogP contribution >= 0.6 is 11.5 Å². The fourth-order valence-corrected chi connectivity index (χ4v) is 2.32. The minimum Gasteiger partial charge on any atom is -0.333 e. The monoisotopic (exact) mass is 226 g/mol. The van der Waals surface area contributed by atoms with Crippen molar-refractivity contribution >= 4 is 17.4 Å². The van der Waals surface area contributed by atoms with Crippen molar-refractivity contribution in [1.29, 1.82) is 0 Å². The van der Waals surface area contributed by atoms with Crippen molar-refractivity contribution in [3.8, 4) is 0 Å². The zero-order valence-corrected chi connectivity index (χ0v) is 9.70. The van der Waals surface area contributed by atoms with Gasteiger partial charge in [-0.25, -0.2) is 0 Å². The second kappa shape index (κ2) is 4.24. The number of rotatable bonds is 1. The van der Waals surface area contributed by atoms with Gasteiger partial charge in [0.15, 0.2) is 0 Å². The van der Waals surface area contributed by atoms with Crippen molar-refractivity contribution in [2.75, 3.05) is 26.7 Å². The SMILES string of the molecule is CC1CN(C)CCN1C(=O)c1cnns1. The summed E-state index contributed by atoms with van der Waals surface area (Å²) in [7, 11) is 2.08. The van der Waals surface area contributed by atoms with Crippen LogP contribution in [0.15, 0.2) is 6.20 Å². The number of aromatic nitrogens is 2. The van der Waals surface area contributed by atoms with Gasteiger partial charge in [-0.3, -0.25) is 4.79 Å². The van der Waals surface area contributed by atoms with Gasteiger partial charge in [-0.15, -0.1) is 5.10 Å². The summed E-state index contributed by atoms with van der Waals surface area (Å²) < 4.78 is 3.71. The molecule has 6 heteroatoms. The van der Waals surface area contributed by atoms with Gasteiger partial charge in [-0.05, 0) is 25.5 Å². The Morgan fingerprint density at radius 3 is 3.00 bits per heavy atom. The first-order chi connectivity index (χ1) is 7.18. The highest BCUT2D eigenvalue weighted by atomic mass is 32.1. The summed E-state index contributed by atoms with van der Waals surface area (Å²) >= 11 is 1.16. The normalized spacial score (nSPS) is 23.1. The number of piperazine rings is 1. The molecule has 1 fully saturated rings. The van der Waals surface area contributed by atoms with Gasteiger partial charge in [0.05, 0.1) is 6.20 Å². The highest BCUT2D eigenvalue weighted by molar-refractivity contribution is 7.07. The molecule has 1 amide bonds. The summed E-state index contributed by atoms with van der Waals surface area (Å²) in [4.78, 5) is 16.8. The number of nitrogens with zero attached hydrogens (tertiary/aromatic N) is 4. The van der Waals surface area contributed by atoms with Gasteiger partial charge in [-0.2, -0.15) is 0 Å². The van der Waals surface area contributed by atoms with E-state index in [2.05, 4.69) is 28.5 Å². The maximum Gasteiger partial charge on any atom is 0.267 e. The number of carbonyl (C=O) groups excluding carboxylic acids is 1. The minimum atomic E-state index is 0.0607. The molecule has 1 saturated heterocycles. The first kappa shape index (κ1) is 10.5. The third kappa shape index (κ3) is 2.15. The lowest BCUT2D eigenvalue weighted by molar-refractivity contribution is 0.0538. The summed E-state index contributed by atoms with van der Waals surface area (Å²) in [5.41, 5.74) is 0. The molecule has 0 saturated carbocycles. The van der Waals surface area contributed by atoms with Crippen molar-refractivity contribution in [2.24, 2.45) is 0 Å². The van der Waals surface area contributed by atoms with E-state index in [1.807, 2.05) is 4.90 Å². The van der Waals surface area contributed by atoms with Gasteiger partial charge in [-0.1, -0.05) is 4.49 Å². The number of hydrogen-bond acceptors (Lipinski definition) is 5. The Labute approximate surface area is 92.9 Å². The summed E-state index contributed by atoms with van der Waals surface area (Å²) in [6.07, 6.45) is 1.54. The van der Waals surface area contributed by atoms with E-state index in [0.29, 0.717) is 4.88 Å². The van der Waals surface area contributed by atoms with E-state index in [9.17, 15) is 4.79 Å². The number of hydrogen-bond donors (Lipinski definition) is 0. The molecular weight excluding hydrogens is 212 g/mol. The predicted molar refractivity (Wildman–Crippen MR) is 57.9 cm³/mol. The number of carbonyl (C=O) groups is 1. The van der Waals surface area contributed by atoms with Crippen molar-refractivity contribution in [3.63, 3.8) is 0 Å². The maximum atomic E-state index is 12.0. The lowest BCUT2D eigenvalue weighted by Gasteiger charge is -2.37. The molecular formula is C9H14N4OS. The summed E-state index contributed by atoms with van der Waals surface area (Å²) in [6.45, 7) is 4.72. The van der Waals surface area contributed by atoms with Crippen LogP contribution < -0.4 is 0 Å². The molecule has 82 valence electrons. The van der Waals surface area contributed by atoms with Crippen molar-refractivity contribution in [2.45, 2.75) is 13.0 Å². The second-order valence-electron chi connectivity index (χ2n) is 3.89. The van der Waals surface area contributed by atoms with E-state index in [0.717, 1.165) is 31.2 Å². The van der Waals surface area contributed by atoms with Crippen LogP contribution in [-0.4, -0.2) is 58.0 Å². The molecule has 0 bridgehead atoms. The van der Waals surface area contributed by atoms with Gasteiger partial charge in [0.2, 0.25) is 0 Å². The number of likely N-dealkylation sites (N-methyl/N-ethyl adjacent to an activating group) is 1. The Morgan fingerprint density at radius 2 is 2.40 bits per heavy atom. The van der Waals surface area contributed by atoms with Gasteiger partial charge < -0.3 is 9.80 Å². The van der Waals surface area contributed by atoms with E-state index < -0.39 is 0 Å². The van der Waals surface area contributed by atoms with E-state index in [-0.39, 0.29) is 11.9 Å². The third-order valence-electron chi connectivity index (χ3n) is 2.66. The van der Waals surface area contributed by atoms with E-state index >= 15 is 0 Å². The molecule has 0 spiro atoms. The fraction of sp³-hybridized carbons (Fsp3) is 0.667. The zero-order valence-electron chi connectivity index (χ0n) is 8.88. The van der Waals surface area contributed by atoms with Gasteiger partial charge >= 0.3 is 0 Å². The Hall–Kier alpha value is -1.01. The van der Waals surface area contributed by atoms with Crippen LogP contribution in [0.3, 0.4) is 0 Å². The molecule has 0 aromatic carbocycles. The summed E-state index contributed by atoms with van der Waals surface area (Å²) in [6, 6.07) is 0.262. The second-order valence-corrected chi connectivity index (χ2v) is 4.68. The smallest absolute Gasteiger partial charge is 0.267 e. The lowest BCUT2D eigenvalue weighted by atomic mass is 10.2. The average molecular weight is 226 g/mol. The highest BCUT2D eigenvalue weighted by Gasteiger charge is 2.27. The molecule has 0 N–H and O–H groups in total. The predicted octanol–water partition coefficient (Wildman–Crippen LogP) is 0.314. The Balaban J connectivity index is 2.08. The molecule has 1 aliphatic rings. The summed E-state index contributed by atoms with van der Waals surface area (Å²) in [5, 5.41) is 3.69. The first-order valence-corrected chi connectivity index (χ1v) is 5.72. The van der Waals surface area contributed by atoms with Crippen molar-refractivity contribution < 1.29 is 4.79 Å². The number of amides is 1. The van der Waals surface area contributed by atoms with Crippen LogP contribution in [0.2, 0.25) is 0 Å². The quantitative estimate of drug-likeness (QED) is 0.691. The van der Waals surface area contributed by atoms with Gasteiger partial charge in [0.1, 0.15) is 4.88 Å². The molecule has 1 unspecified atom stereocenters. The molecule has 1 aromatic heterocycles. The summed E-state index contributed by atoms with van der Waals surface area (Å²) in [5.74, 6) is 0.0607. The Kier molecular flexibility index (Phi) is 2.97. The van der Waals surface area contributed by atoms with E-state index in [4.69, 9.17) is 0 Å². The largest absolute Gasteiger partial charge is 0.333 e. The highest BCUT2D eigenvalue weighted by Crippen LogP contribution is 2.14. The third-order valence-corrected chi connectivity index (χ3v) is 3.32. The Morgan fingerprint density at radius 1 is 1.60 bits per heavy atom. The molecule has 1 atom stereocenters. The van der Waals surface area contributed by atoms with Crippen LogP contribution in [-0.2, 0) is 0 Å². The molecule has 0 aliphatic carbocycles. The maximum absolute atomic E-state index is 12.0. The molecule has 2 heterocycles. The topological polar surface area (TPSA) is 49.3 Å². The molecule has 0 radical (unpaired) electrons. The molecule has 1 aliphatic heterocycles. The molecule has 15 heavy (non-hydrogen) atoms. The Bertz CT molecular complexity index is 340. The van der Waals surface area contributed by atoms with Crippen LogP contribution in [0.25, 0.3) is 0 Å². The molecule has 2 rings (SSSR count). The lowest BCUT2D eigenvalue weighted by Crippen LogP contribution is -2.52. The van der Waals surface area contributed by atoms with Crippen LogP contribution in [0.4, 0.5) is 0 Å². The van der Waals surface area contributed by atoms with Crippen molar-refractivity contribution in [1.82, 2.24) is 19.4 Å². The van der Waals surface area contributed by atoms with Crippen LogP contribution in [0.5, 0.6) is 0 Å². The van der Waals surface area contributed by atoms with E-state index in [1.54, 1.807) is 0 Å². The minimum absolute atomic E-state index is 0.0607. The standard InChI is InChI=1S/C9H14N4OS/c1-7-6-12(2)3-4-13(7)9(14)8-5-10-11-15-8/h5,7H,3-4,6H2,1-2H3. The van der Waals surface area contributed by atoms with E-state index in [1.165, 1.54) is 6.20 Å². The molecule has 1 aromatic rings. The van der Waals surface area contributed by atoms with Crippen molar-refractivity contribution in [3.05, 3.63) is 11.1 Å². The fourth-order valence-electron chi connectivity index (χ4n) is 1.84. The molecule has 5 nitrogen and oxygen atoms in total. The van der Waals surface area contributed by atoms with Gasteiger partial charge in [0, 0.05) is 25.7 Å². The van der Waals surface area contributed by atoms with Crippen LogP contribution in [0.1, 0.15) is 16.6 Å². The average Bonchev–Trinajstić information content (AvgIpc) is 2.69. The first-order valence-electron chi connectivity index (χ1n) is 4.95.